The van der Waals surface area contributed by atoms with Crippen LogP contribution in [0, 0.1) is 6.92 Å². The van der Waals surface area contributed by atoms with Crippen molar-refractivity contribution in [3.63, 3.8) is 0 Å². The summed E-state index contributed by atoms with van der Waals surface area (Å²) in [6.07, 6.45) is -4.43. The van der Waals surface area contributed by atoms with E-state index in [1.165, 1.54) is 17.0 Å². The van der Waals surface area contributed by atoms with Crippen molar-refractivity contribution in [3.05, 3.63) is 95.1 Å². The molecule has 0 bridgehead atoms. The van der Waals surface area contributed by atoms with Crippen molar-refractivity contribution >= 4 is 29.2 Å². The molecule has 0 aromatic heterocycles. The van der Waals surface area contributed by atoms with Crippen molar-refractivity contribution in [2.45, 2.75) is 57.8 Å². The summed E-state index contributed by atoms with van der Waals surface area (Å²) < 4.78 is 39.8. The first-order valence-electron chi connectivity index (χ1n) is 13.2. The molecule has 0 spiro atoms. The third kappa shape index (κ3) is 7.45. The van der Waals surface area contributed by atoms with Gasteiger partial charge in [-0.25, -0.2) is 4.79 Å². The number of hydrogen-bond acceptors (Lipinski definition) is 3. The molecule has 2 atom stereocenters. The second-order valence-electron chi connectivity index (χ2n) is 11.2. The Morgan fingerprint density at radius 2 is 1.56 bits per heavy atom. The third-order valence-electron chi connectivity index (χ3n) is 6.71. The van der Waals surface area contributed by atoms with Gasteiger partial charge in [-0.1, -0.05) is 48.0 Å². The van der Waals surface area contributed by atoms with Gasteiger partial charge in [0.15, 0.2) is 0 Å². The van der Waals surface area contributed by atoms with Gasteiger partial charge < -0.3 is 20.9 Å². The number of rotatable bonds is 5. The van der Waals surface area contributed by atoms with Gasteiger partial charge in [-0.05, 0) is 75.6 Å². The van der Waals surface area contributed by atoms with Gasteiger partial charge in [0.25, 0.3) is 0 Å². The number of amides is 4. The number of carbonyl (C=O) groups excluding carboxylic acids is 3. The molecule has 3 N–H and O–H groups in total. The van der Waals surface area contributed by atoms with Crippen molar-refractivity contribution in [3.8, 4) is 0 Å². The third-order valence-corrected chi connectivity index (χ3v) is 6.71. The molecule has 216 valence electrons. The molecule has 1 aliphatic rings. The Bertz CT molecular complexity index is 1410. The van der Waals surface area contributed by atoms with Gasteiger partial charge in [0, 0.05) is 22.8 Å². The smallest absolute Gasteiger partial charge is 0.350 e. The molecular formula is C31H33F3N4O3. The van der Waals surface area contributed by atoms with Gasteiger partial charge in [0.1, 0.15) is 12.6 Å². The zero-order valence-corrected chi connectivity index (χ0v) is 23.3. The molecule has 1 aliphatic heterocycles. The van der Waals surface area contributed by atoms with E-state index < -0.39 is 47.1 Å². The molecule has 2 unspecified atom stereocenters. The van der Waals surface area contributed by atoms with Gasteiger partial charge in [-0.2, -0.15) is 13.2 Å². The standard InChI is InChI=1S/C31H33F3N4O3/c1-19-9-15-22(16-10-19)35-29(41)36-25-17-24(20-11-13-21(14-12-20)31(32,33)34)23-7-5-6-8-26(23)38(28(25)40)18-27(39)37-30(2,3)4/h5-16,24-25H,17-18H2,1-4H3,(H,37,39)(H2,35,36,41). The molecule has 3 aromatic rings. The fraction of sp³-hybridized carbons (Fsp3) is 0.323. The molecule has 4 amide bonds. The summed E-state index contributed by atoms with van der Waals surface area (Å²) in [5.41, 5.74) is 1.87. The Hall–Kier alpha value is -4.34. The van der Waals surface area contributed by atoms with Crippen LogP contribution in [0.3, 0.4) is 0 Å². The monoisotopic (exact) mass is 566 g/mol. The van der Waals surface area contributed by atoms with Crippen molar-refractivity contribution in [2.75, 3.05) is 16.8 Å². The average Bonchev–Trinajstić information content (AvgIpc) is 2.99. The lowest BCUT2D eigenvalue weighted by Crippen LogP contribution is -2.53. The number of benzene rings is 3. The number of carbonyl (C=O) groups is 3. The molecule has 7 nitrogen and oxygen atoms in total. The Balaban J connectivity index is 1.72. The van der Waals surface area contributed by atoms with Gasteiger partial charge in [0.05, 0.1) is 5.56 Å². The zero-order chi connectivity index (χ0) is 29.9. The van der Waals surface area contributed by atoms with Crippen LogP contribution in [0.2, 0.25) is 0 Å². The van der Waals surface area contributed by atoms with Gasteiger partial charge in [0.2, 0.25) is 11.8 Å². The van der Waals surface area contributed by atoms with Crippen LogP contribution in [0.15, 0.2) is 72.8 Å². The lowest BCUT2D eigenvalue weighted by atomic mass is 9.85. The van der Waals surface area contributed by atoms with Crippen molar-refractivity contribution < 1.29 is 27.6 Å². The van der Waals surface area contributed by atoms with E-state index in [4.69, 9.17) is 0 Å². The highest BCUT2D eigenvalue weighted by atomic mass is 19.4. The lowest BCUT2D eigenvalue weighted by molar-refractivity contribution is -0.137. The quantitative estimate of drug-likeness (QED) is 0.355. The van der Waals surface area contributed by atoms with Gasteiger partial charge in [-0.15, -0.1) is 0 Å². The van der Waals surface area contributed by atoms with Gasteiger partial charge in [-0.3, -0.25) is 9.59 Å². The zero-order valence-electron chi connectivity index (χ0n) is 23.3. The van der Waals surface area contributed by atoms with Crippen molar-refractivity contribution in [1.29, 1.82) is 0 Å². The maximum atomic E-state index is 14.0. The predicted molar refractivity (Wildman–Crippen MR) is 152 cm³/mol. The summed E-state index contributed by atoms with van der Waals surface area (Å²) in [5, 5.41) is 8.31. The average molecular weight is 567 g/mol. The SMILES string of the molecule is Cc1ccc(NC(=O)NC2CC(c3ccc(C(F)(F)F)cc3)c3ccccc3N(CC(=O)NC(C)(C)C)C2=O)cc1. The van der Waals surface area contributed by atoms with E-state index in [1.54, 1.807) is 36.4 Å². The molecule has 4 rings (SSSR count). The van der Waals surface area contributed by atoms with Crippen LogP contribution in [0.4, 0.5) is 29.3 Å². The minimum Gasteiger partial charge on any atom is -0.350 e. The number of urea groups is 1. The van der Waals surface area contributed by atoms with Crippen LogP contribution in [0.5, 0.6) is 0 Å². The Morgan fingerprint density at radius 3 is 2.17 bits per heavy atom. The first-order valence-corrected chi connectivity index (χ1v) is 13.2. The number of aryl methyl sites for hydroxylation is 1. The summed E-state index contributed by atoms with van der Waals surface area (Å²) in [6.45, 7) is 7.08. The number of nitrogens with one attached hydrogen (secondary N) is 3. The number of nitrogens with zero attached hydrogens (tertiary/aromatic N) is 1. The number of para-hydroxylation sites is 1. The fourth-order valence-corrected chi connectivity index (χ4v) is 4.87. The normalized spacial score (nSPS) is 17.3. The van der Waals surface area contributed by atoms with Crippen LogP contribution >= 0.6 is 0 Å². The van der Waals surface area contributed by atoms with E-state index >= 15 is 0 Å². The molecule has 0 saturated carbocycles. The van der Waals surface area contributed by atoms with Crippen LogP contribution in [-0.2, 0) is 15.8 Å². The molecule has 1 heterocycles. The van der Waals surface area contributed by atoms with Crippen molar-refractivity contribution in [2.24, 2.45) is 0 Å². The number of fused-ring (bicyclic) bond motifs is 1. The van der Waals surface area contributed by atoms with Gasteiger partial charge >= 0.3 is 12.2 Å². The maximum Gasteiger partial charge on any atom is 0.416 e. The molecule has 41 heavy (non-hydrogen) atoms. The van der Waals surface area contributed by atoms with Crippen LogP contribution in [-0.4, -0.2) is 36.0 Å². The minimum atomic E-state index is -4.49. The highest BCUT2D eigenvalue weighted by Gasteiger charge is 2.38. The number of halogens is 3. The first kappa shape index (κ1) is 29.6. The Labute approximate surface area is 237 Å². The highest BCUT2D eigenvalue weighted by Crippen LogP contribution is 2.40. The van der Waals surface area contributed by atoms with E-state index in [0.29, 0.717) is 22.5 Å². The van der Waals surface area contributed by atoms with Crippen molar-refractivity contribution in [1.82, 2.24) is 10.6 Å². The molecule has 3 aromatic carbocycles. The predicted octanol–water partition coefficient (Wildman–Crippen LogP) is 5.99. The Kier molecular flexibility index (Phi) is 8.42. The van der Waals surface area contributed by atoms with E-state index in [0.717, 1.165) is 17.7 Å². The highest BCUT2D eigenvalue weighted by molar-refractivity contribution is 6.05. The number of anilines is 2. The molecule has 0 radical (unpaired) electrons. The maximum absolute atomic E-state index is 14.0. The van der Waals surface area contributed by atoms with E-state index in [2.05, 4.69) is 16.0 Å². The topological polar surface area (TPSA) is 90.5 Å². The molecule has 10 heteroatoms. The number of hydrogen-bond donors (Lipinski definition) is 3. The summed E-state index contributed by atoms with van der Waals surface area (Å²) in [5.74, 6) is -1.44. The largest absolute Gasteiger partial charge is 0.416 e. The molecule has 0 fully saturated rings. The molecule has 0 aliphatic carbocycles. The summed E-state index contributed by atoms with van der Waals surface area (Å²) in [4.78, 5) is 41.3. The Morgan fingerprint density at radius 1 is 0.927 bits per heavy atom. The first-order chi connectivity index (χ1) is 19.2. The summed E-state index contributed by atoms with van der Waals surface area (Å²) >= 11 is 0. The van der Waals surface area contributed by atoms with E-state index in [1.807, 2.05) is 39.8 Å². The number of alkyl halides is 3. The summed E-state index contributed by atoms with van der Waals surface area (Å²) in [7, 11) is 0. The van der Waals surface area contributed by atoms with E-state index in [9.17, 15) is 27.6 Å². The molecule has 0 saturated heterocycles. The fourth-order valence-electron chi connectivity index (χ4n) is 4.87. The lowest BCUT2D eigenvalue weighted by Gasteiger charge is -2.28. The minimum absolute atomic E-state index is 0.0694. The second-order valence-corrected chi connectivity index (χ2v) is 11.2. The second kappa shape index (κ2) is 11.6. The van der Waals surface area contributed by atoms with E-state index in [-0.39, 0.29) is 13.0 Å². The van der Waals surface area contributed by atoms with Crippen LogP contribution < -0.4 is 20.9 Å². The molecular weight excluding hydrogens is 533 g/mol. The summed E-state index contributed by atoms with van der Waals surface area (Å²) in [6, 6.07) is 17.2. The van der Waals surface area contributed by atoms with Crippen LogP contribution in [0.1, 0.15) is 55.4 Å². The van der Waals surface area contributed by atoms with Crippen LogP contribution in [0.25, 0.3) is 0 Å².